The normalized spacial score (nSPS) is 11.8. The third-order valence-corrected chi connectivity index (χ3v) is 3.71. The number of pyridine rings is 1. The molecule has 0 amide bonds. The Hall–Kier alpha value is -1.46. The van der Waals surface area contributed by atoms with E-state index in [1.54, 1.807) is 12.3 Å². The summed E-state index contributed by atoms with van der Waals surface area (Å²) < 4.78 is 25.3. The number of nitrogens with one attached hydrogen (secondary N) is 1. The van der Waals surface area contributed by atoms with Crippen LogP contribution in [0.1, 0.15) is 5.56 Å². The van der Waals surface area contributed by atoms with Gasteiger partial charge < -0.3 is 0 Å². The lowest BCUT2D eigenvalue weighted by Gasteiger charge is -2.05. The molecule has 0 aliphatic heterocycles. The van der Waals surface area contributed by atoms with Crippen LogP contribution in [0.2, 0.25) is 0 Å². The fourth-order valence-corrected chi connectivity index (χ4v) is 2.36. The Bertz CT molecular complexity index is 603. The molecule has 0 aliphatic carbocycles. The quantitative estimate of drug-likeness (QED) is 0.873. The molecule has 0 aliphatic rings. The zero-order valence-electron chi connectivity index (χ0n) is 8.84. The smallest absolute Gasteiger partial charge is 0.215 e. The number of benzene rings is 1. The minimum atomic E-state index is -3.24. The predicted octanol–water partition coefficient (Wildman–Crippen LogP) is 1.28. The van der Waals surface area contributed by atoms with Gasteiger partial charge in [0, 0.05) is 11.6 Å². The fraction of sp³-hybridized carbons (Fsp3) is 0.182. The van der Waals surface area contributed by atoms with Crippen LogP contribution in [0.4, 0.5) is 0 Å². The van der Waals surface area contributed by atoms with Crippen molar-refractivity contribution in [3.63, 3.8) is 0 Å². The molecule has 4 nitrogen and oxygen atoms in total. The molecule has 2 aromatic rings. The summed E-state index contributed by atoms with van der Waals surface area (Å²) in [5.74, 6) is -0.0213. The second-order valence-corrected chi connectivity index (χ2v) is 5.38. The molecule has 0 spiro atoms. The minimum Gasteiger partial charge on any atom is -0.256 e. The highest BCUT2D eigenvalue weighted by atomic mass is 32.2. The van der Waals surface area contributed by atoms with E-state index >= 15 is 0 Å². The summed E-state index contributed by atoms with van der Waals surface area (Å²) in [6, 6.07) is 9.23. The molecular weight excluding hydrogens is 224 g/mol. The Balaban J connectivity index is 2.53. The monoisotopic (exact) mass is 236 g/mol. The summed E-state index contributed by atoms with van der Waals surface area (Å²) in [7, 11) is -1.83. The van der Waals surface area contributed by atoms with Crippen molar-refractivity contribution in [3.8, 4) is 0 Å². The lowest BCUT2D eigenvalue weighted by Crippen LogP contribution is -2.20. The molecule has 1 aromatic heterocycles. The van der Waals surface area contributed by atoms with Gasteiger partial charge in [-0.2, -0.15) is 0 Å². The van der Waals surface area contributed by atoms with Gasteiger partial charge in [-0.15, -0.1) is 0 Å². The highest BCUT2D eigenvalue weighted by Crippen LogP contribution is 2.17. The SMILES string of the molecule is CNS(=O)(=O)Cc1ccnc2ccccc12. The molecule has 0 fully saturated rings. The van der Waals surface area contributed by atoms with Crippen molar-refractivity contribution in [2.75, 3.05) is 7.05 Å². The van der Waals surface area contributed by atoms with E-state index in [-0.39, 0.29) is 5.75 Å². The molecule has 0 saturated heterocycles. The first-order chi connectivity index (χ1) is 7.62. The van der Waals surface area contributed by atoms with Crippen LogP contribution in [0.5, 0.6) is 0 Å². The lowest BCUT2D eigenvalue weighted by atomic mass is 10.1. The first-order valence-corrected chi connectivity index (χ1v) is 6.51. The van der Waals surface area contributed by atoms with Crippen molar-refractivity contribution >= 4 is 20.9 Å². The van der Waals surface area contributed by atoms with Gasteiger partial charge in [0.1, 0.15) is 0 Å². The zero-order chi connectivity index (χ0) is 11.6. The van der Waals surface area contributed by atoms with E-state index in [9.17, 15) is 8.42 Å². The van der Waals surface area contributed by atoms with Crippen LogP contribution in [0, 0.1) is 0 Å². The highest BCUT2D eigenvalue weighted by Gasteiger charge is 2.10. The fourth-order valence-electron chi connectivity index (χ4n) is 1.56. The molecule has 1 N–H and O–H groups in total. The molecule has 0 bridgehead atoms. The molecule has 0 unspecified atom stereocenters. The summed E-state index contributed by atoms with van der Waals surface area (Å²) >= 11 is 0. The third-order valence-electron chi connectivity index (χ3n) is 2.40. The van der Waals surface area contributed by atoms with Crippen molar-refractivity contribution in [1.82, 2.24) is 9.71 Å². The van der Waals surface area contributed by atoms with E-state index in [2.05, 4.69) is 9.71 Å². The van der Waals surface area contributed by atoms with Crippen molar-refractivity contribution in [2.24, 2.45) is 0 Å². The van der Waals surface area contributed by atoms with Crippen LogP contribution in [0.25, 0.3) is 10.9 Å². The van der Waals surface area contributed by atoms with Crippen molar-refractivity contribution in [3.05, 3.63) is 42.1 Å². The van der Waals surface area contributed by atoms with E-state index in [0.29, 0.717) is 0 Å². The van der Waals surface area contributed by atoms with E-state index in [1.807, 2.05) is 24.3 Å². The predicted molar refractivity (Wildman–Crippen MR) is 63.4 cm³/mol. The summed E-state index contributed by atoms with van der Waals surface area (Å²) in [5, 5.41) is 0.879. The molecule has 0 atom stereocenters. The second-order valence-electron chi connectivity index (χ2n) is 3.45. The number of hydrogen-bond acceptors (Lipinski definition) is 3. The molecule has 2 rings (SSSR count). The average molecular weight is 236 g/mol. The number of aromatic nitrogens is 1. The van der Waals surface area contributed by atoms with Gasteiger partial charge in [-0.05, 0) is 24.7 Å². The molecule has 0 saturated carbocycles. The largest absolute Gasteiger partial charge is 0.256 e. The Morgan fingerprint density at radius 3 is 2.75 bits per heavy atom. The average Bonchev–Trinajstić information content (AvgIpc) is 2.29. The van der Waals surface area contributed by atoms with Crippen LogP contribution in [0.15, 0.2) is 36.5 Å². The van der Waals surface area contributed by atoms with Crippen molar-refractivity contribution in [1.29, 1.82) is 0 Å². The lowest BCUT2D eigenvalue weighted by molar-refractivity contribution is 0.587. The van der Waals surface area contributed by atoms with Crippen LogP contribution >= 0.6 is 0 Å². The van der Waals surface area contributed by atoms with Gasteiger partial charge in [-0.3, -0.25) is 4.98 Å². The van der Waals surface area contributed by atoms with Gasteiger partial charge in [0.05, 0.1) is 11.3 Å². The maximum Gasteiger partial charge on any atom is 0.215 e. The van der Waals surface area contributed by atoms with Crippen LogP contribution in [-0.4, -0.2) is 20.4 Å². The number of fused-ring (bicyclic) bond motifs is 1. The molecule has 1 aromatic carbocycles. The van der Waals surface area contributed by atoms with Gasteiger partial charge in [0.25, 0.3) is 0 Å². The molecule has 84 valence electrons. The first-order valence-electron chi connectivity index (χ1n) is 4.86. The van der Waals surface area contributed by atoms with Crippen molar-refractivity contribution in [2.45, 2.75) is 5.75 Å². The van der Waals surface area contributed by atoms with E-state index in [4.69, 9.17) is 0 Å². The van der Waals surface area contributed by atoms with E-state index < -0.39 is 10.0 Å². The number of rotatable bonds is 3. The van der Waals surface area contributed by atoms with Gasteiger partial charge in [-0.25, -0.2) is 13.1 Å². The molecule has 5 heteroatoms. The number of para-hydroxylation sites is 1. The van der Waals surface area contributed by atoms with Gasteiger partial charge in [0.15, 0.2) is 0 Å². The van der Waals surface area contributed by atoms with Crippen LogP contribution < -0.4 is 4.72 Å². The zero-order valence-corrected chi connectivity index (χ0v) is 9.66. The van der Waals surface area contributed by atoms with Gasteiger partial charge in [0.2, 0.25) is 10.0 Å². The Morgan fingerprint density at radius 2 is 2.00 bits per heavy atom. The first kappa shape index (κ1) is 11.0. The standard InChI is InChI=1S/C11H12N2O2S/c1-12-16(14,15)8-9-6-7-13-11-5-3-2-4-10(9)11/h2-7,12H,8H2,1H3. The Labute approximate surface area is 94.4 Å². The highest BCUT2D eigenvalue weighted by molar-refractivity contribution is 7.88. The molecule has 0 radical (unpaired) electrons. The molecule has 1 heterocycles. The van der Waals surface area contributed by atoms with E-state index in [0.717, 1.165) is 16.5 Å². The maximum absolute atomic E-state index is 11.5. The number of sulfonamides is 1. The topological polar surface area (TPSA) is 59.1 Å². The molecular formula is C11H12N2O2S. The summed E-state index contributed by atoms with van der Waals surface area (Å²) in [6.45, 7) is 0. The number of nitrogens with zero attached hydrogens (tertiary/aromatic N) is 1. The van der Waals surface area contributed by atoms with Crippen LogP contribution in [-0.2, 0) is 15.8 Å². The Morgan fingerprint density at radius 1 is 1.25 bits per heavy atom. The van der Waals surface area contributed by atoms with Gasteiger partial charge in [-0.1, -0.05) is 18.2 Å². The Kier molecular flexibility index (Phi) is 2.89. The van der Waals surface area contributed by atoms with Crippen molar-refractivity contribution < 1.29 is 8.42 Å². The number of hydrogen-bond donors (Lipinski definition) is 1. The maximum atomic E-state index is 11.5. The minimum absolute atomic E-state index is 0.0213. The summed E-state index contributed by atoms with van der Waals surface area (Å²) in [6.07, 6.45) is 1.63. The molecule has 16 heavy (non-hydrogen) atoms. The third kappa shape index (κ3) is 2.20. The second kappa shape index (κ2) is 4.19. The van der Waals surface area contributed by atoms with Crippen LogP contribution in [0.3, 0.4) is 0 Å². The summed E-state index contributed by atoms with van der Waals surface area (Å²) in [4.78, 5) is 4.18. The van der Waals surface area contributed by atoms with E-state index in [1.165, 1.54) is 7.05 Å². The van der Waals surface area contributed by atoms with Gasteiger partial charge >= 0.3 is 0 Å². The summed E-state index contributed by atoms with van der Waals surface area (Å²) in [5.41, 5.74) is 1.58.